The first-order chi connectivity index (χ1) is 9.56. The second-order valence-electron chi connectivity index (χ2n) is 6.28. The van der Waals surface area contributed by atoms with Crippen LogP contribution in [0.15, 0.2) is 0 Å². The van der Waals surface area contributed by atoms with Gasteiger partial charge >= 0.3 is 5.97 Å². The molecule has 0 bridgehead atoms. The van der Waals surface area contributed by atoms with Crippen molar-refractivity contribution < 1.29 is 14.7 Å². The van der Waals surface area contributed by atoms with Crippen molar-refractivity contribution in [1.82, 2.24) is 10.2 Å². The zero-order valence-electron chi connectivity index (χ0n) is 12.3. The van der Waals surface area contributed by atoms with Gasteiger partial charge in [0.05, 0.1) is 0 Å². The summed E-state index contributed by atoms with van der Waals surface area (Å²) in [6.45, 7) is 4.69. The van der Waals surface area contributed by atoms with E-state index in [0.717, 1.165) is 51.7 Å². The number of hydrogen-bond donors (Lipinski definition) is 2. The lowest BCUT2D eigenvalue weighted by Gasteiger charge is -2.36. The molecule has 2 fully saturated rings. The number of hydrogen-bond acceptors (Lipinski definition) is 3. The average molecular weight is 282 g/mol. The Bertz CT molecular complexity index is 351. The molecule has 2 aliphatic heterocycles. The van der Waals surface area contributed by atoms with Gasteiger partial charge in [-0.2, -0.15) is 0 Å². The number of likely N-dealkylation sites (tertiary alicyclic amines) is 1. The standard InChI is InChI=1S/C15H26N2O3/c1-11-10-13(4-7-16-11)15(20)17-8-5-12(6-9-17)2-3-14(18)19/h11-13,16H,2-10H2,1H3,(H,18,19). The van der Waals surface area contributed by atoms with Gasteiger partial charge in [0.1, 0.15) is 0 Å². The molecule has 114 valence electrons. The zero-order valence-corrected chi connectivity index (χ0v) is 12.3. The van der Waals surface area contributed by atoms with Crippen LogP contribution in [-0.4, -0.2) is 47.6 Å². The lowest BCUT2D eigenvalue weighted by Crippen LogP contribution is -2.46. The van der Waals surface area contributed by atoms with E-state index in [1.165, 1.54) is 0 Å². The summed E-state index contributed by atoms with van der Waals surface area (Å²) in [5, 5.41) is 12.1. The topological polar surface area (TPSA) is 69.6 Å². The molecule has 0 aromatic heterocycles. The van der Waals surface area contributed by atoms with Crippen molar-refractivity contribution in [3.8, 4) is 0 Å². The first kappa shape index (κ1) is 15.3. The molecule has 0 radical (unpaired) electrons. The molecule has 2 saturated heterocycles. The molecule has 0 spiro atoms. The largest absolute Gasteiger partial charge is 0.481 e. The van der Waals surface area contributed by atoms with Crippen LogP contribution < -0.4 is 5.32 Å². The van der Waals surface area contributed by atoms with Crippen LogP contribution in [0.2, 0.25) is 0 Å². The molecule has 20 heavy (non-hydrogen) atoms. The summed E-state index contributed by atoms with van der Waals surface area (Å²) in [5.41, 5.74) is 0. The van der Waals surface area contributed by atoms with E-state index in [2.05, 4.69) is 12.2 Å². The van der Waals surface area contributed by atoms with E-state index >= 15 is 0 Å². The maximum atomic E-state index is 12.5. The molecule has 2 heterocycles. The summed E-state index contributed by atoms with van der Waals surface area (Å²) >= 11 is 0. The summed E-state index contributed by atoms with van der Waals surface area (Å²) in [6.07, 6.45) is 4.81. The van der Waals surface area contributed by atoms with Crippen LogP contribution in [0.1, 0.15) is 45.4 Å². The molecule has 0 aromatic rings. The van der Waals surface area contributed by atoms with E-state index in [4.69, 9.17) is 5.11 Å². The van der Waals surface area contributed by atoms with Crippen molar-refractivity contribution in [3.63, 3.8) is 0 Å². The van der Waals surface area contributed by atoms with Gasteiger partial charge in [0, 0.05) is 31.5 Å². The smallest absolute Gasteiger partial charge is 0.303 e. The normalized spacial score (nSPS) is 28.4. The second kappa shape index (κ2) is 7.07. The van der Waals surface area contributed by atoms with Gasteiger partial charge in [0.25, 0.3) is 0 Å². The molecule has 1 amide bonds. The molecule has 2 unspecified atom stereocenters. The van der Waals surface area contributed by atoms with Gasteiger partial charge in [0.2, 0.25) is 5.91 Å². The lowest BCUT2D eigenvalue weighted by atomic mass is 9.89. The Morgan fingerprint density at radius 2 is 1.95 bits per heavy atom. The number of carbonyl (C=O) groups is 2. The van der Waals surface area contributed by atoms with Gasteiger partial charge in [-0.05, 0) is 51.5 Å². The number of carboxylic acids is 1. The van der Waals surface area contributed by atoms with E-state index in [9.17, 15) is 9.59 Å². The average Bonchev–Trinajstić information content (AvgIpc) is 2.45. The predicted molar refractivity (Wildman–Crippen MR) is 76.4 cm³/mol. The molecule has 2 rings (SSSR count). The van der Waals surface area contributed by atoms with Crippen LogP contribution in [0.4, 0.5) is 0 Å². The van der Waals surface area contributed by atoms with Crippen molar-refractivity contribution in [3.05, 3.63) is 0 Å². The molecule has 5 heteroatoms. The minimum Gasteiger partial charge on any atom is -0.481 e. The van der Waals surface area contributed by atoms with Crippen LogP contribution in [-0.2, 0) is 9.59 Å². The zero-order chi connectivity index (χ0) is 14.5. The predicted octanol–water partition coefficient (Wildman–Crippen LogP) is 1.48. The van der Waals surface area contributed by atoms with Crippen LogP contribution in [0, 0.1) is 11.8 Å². The van der Waals surface area contributed by atoms with E-state index < -0.39 is 5.97 Å². The molecule has 2 N–H and O–H groups in total. The number of carbonyl (C=O) groups excluding carboxylic acids is 1. The third kappa shape index (κ3) is 4.20. The Morgan fingerprint density at radius 3 is 2.55 bits per heavy atom. The van der Waals surface area contributed by atoms with Gasteiger partial charge in [0.15, 0.2) is 0 Å². The van der Waals surface area contributed by atoms with Crippen LogP contribution in [0.3, 0.4) is 0 Å². The number of nitrogens with zero attached hydrogens (tertiary/aromatic N) is 1. The quantitative estimate of drug-likeness (QED) is 0.819. The van der Waals surface area contributed by atoms with E-state index in [1.807, 2.05) is 4.90 Å². The highest BCUT2D eigenvalue weighted by atomic mass is 16.4. The third-order valence-corrected chi connectivity index (χ3v) is 4.67. The SMILES string of the molecule is CC1CC(C(=O)N2CCC(CCC(=O)O)CC2)CCN1. The van der Waals surface area contributed by atoms with Crippen LogP contribution >= 0.6 is 0 Å². The summed E-state index contributed by atoms with van der Waals surface area (Å²) < 4.78 is 0. The lowest BCUT2D eigenvalue weighted by molar-refractivity contribution is -0.139. The fraction of sp³-hybridized carbons (Fsp3) is 0.867. The van der Waals surface area contributed by atoms with Gasteiger partial charge < -0.3 is 15.3 Å². The molecular weight excluding hydrogens is 256 g/mol. The van der Waals surface area contributed by atoms with Gasteiger partial charge in [-0.25, -0.2) is 0 Å². The maximum Gasteiger partial charge on any atom is 0.303 e. The molecule has 2 atom stereocenters. The second-order valence-corrected chi connectivity index (χ2v) is 6.28. The minimum absolute atomic E-state index is 0.182. The highest BCUT2D eigenvalue weighted by Gasteiger charge is 2.30. The highest BCUT2D eigenvalue weighted by Crippen LogP contribution is 2.25. The van der Waals surface area contributed by atoms with Crippen molar-refractivity contribution in [1.29, 1.82) is 0 Å². The van der Waals surface area contributed by atoms with Crippen molar-refractivity contribution >= 4 is 11.9 Å². The van der Waals surface area contributed by atoms with Crippen LogP contribution in [0.5, 0.6) is 0 Å². The Hall–Kier alpha value is -1.10. The Morgan fingerprint density at radius 1 is 1.25 bits per heavy atom. The summed E-state index contributed by atoms with van der Waals surface area (Å²) in [7, 11) is 0. The highest BCUT2D eigenvalue weighted by molar-refractivity contribution is 5.79. The maximum absolute atomic E-state index is 12.5. The number of nitrogens with one attached hydrogen (secondary N) is 1. The van der Waals surface area contributed by atoms with E-state index in [0.29, 0.717) is 17.9 Å². The first-order valence-corrected chi connectivity index (χ1v) is 7.80. The summed E-state index contributed by atoms with van der Waals surface area (Å²) in [4.78, 5) is 25.1. The fourth-order valence-corrected chi connectivity index (χ4v) is 3.38. The van der Waals surface area contributed by atoms with Crippen molar-refractivity contribution in [2.45, 2.75) is 51.5 Å². The molecule has 2 aliphatic rings. The van der Waals surface area contributed by atoms with E-state index in [1.54, 1.807) is 0 Å². The minimum atomic E-state index is -0.716. The number of aliphatic carboxylic acids is 1. The monoisotopic (exact) mass is 282 g/mol. The third-order valence-electron chi connectivity index (χ3n) is 4.67. The fourth-order valence-electron chi connectivity index (χ4n) is 3.38. The molecular formula is C15H26N2O3. The molecule has 0 saturated carbocycles. The van der Waals surface area contributed by atoms with Gasteiger partial charge in [-0.3, -0.25) is 9.59 Å². The summed E-state index contributed by atoms with van der Waals surface area (Å²) in [6, 6.07) is 0.436. The molecule has 0 aromatic carbocycles. The van der Waals surface area contributed by atoms with Crippen molar-refractivity contribution in [2.75, 3.05) is 19.6 Å². The number of amides is 1. The molecule has 5 nitrogen and oxygen atoms in total. The van der Waals surface area contributed by atoms with E-state index in [-0.39, 0.29) is 12.3 Å². The molecule has 0 aliphatic carbocycles. The first-order valence-electron chi connectivity index (χ1n) is 7.80. The Balaban J connectivity index is 1.75. The number of piperidine rings is 2. The summed E-state index contributed by atoms with van der Waals surface area (Å²) in [5.74, 6) is 0.256. The Kier molecular flexibility index (Phi) is 5.40. The van der Waals surface area contributed by atoms with Crippen LogP contribution in [0.25, 0.3) is 0 Å². The van der Waals surface area contributed by atoms with Gasteiger partial charge in [-0.15, -0.1) is 0 Å². The number of rotatable bonds is 4. The number of carboxylic acid groups (broad SMARTS) is 1. The van der Waals surface area contributed by atoms with Gasteiger partial charge in [-0.1, -0.05) is 0 Å². The Labute approximate surface area is 120 Å². The van der Waals surface area contributed by atoms with Crippen molar-refractivity contribution in [2.24, 2.45) is 11.8 Å².